The third-order valence-electron chi connectivity index (χ3n) is 3.76. The number of nitrogens with one attached hydrogen (secondary N) is 1. The minimum atomic E-state index is -0.274. The second-order valence-electron chi connectivity index (χ2n) is 5.58. The van der Waals surface area contributed by atoms with Gasteiger partial charge in [0.25, 0.3) is 0 Å². The van der Waals surface area contributed by atoms with Gasteiger partial charge < -0.3 is 9.67 Å². The van der Waals surface area contributed by atoms with E-state index in [0.29, 0.717) is 12.1 Å². The second-order valence-corrected chi connectivity index (χ2v) is 5.58. The lowest BCUT2D eigenvalue weighted by atomic mass is 10.1. The summed E-state index contributed by atoms with van der Waals surface area (Å²) in [5.41, 5.74) is 4.95. The Bertz CT molecular complexity index is 885. The topological polar surface area (TPSA) is 79.5 Å². The zero-order chi connectivity index (χ0) is 16.9. The van der Waals surface area contributed by atoms with E-state index in [2.05, 4.69) is 15.5 Å². The van der Waals surface area contributed by atoms with E-state index in [1.165, 1.54) is 6.21 Å². The van der Waals surface area contributed by atoms with E-state index < -0.39 is 0 Å². The van der Waals surface area contributed by atoms with Crippen LogP contribution in [0.1, 0.15) is 12.5 Å². The highest BCUT2D eigenvalue weighted by Gasteiger charge is 2.14. The van der Waals surface area contributed by atoms with E-state index in [1.807, 2.05) is 35.8 Å². The molecule has 0 spiro atoms. The summed E-state index contributed by atoms with van der Waals surface area (Å²) in [6, 6.07) is 14.6. The van der Waals surface area contributed by atoms with Gasteiger partial charge in [-0.3, -0.25) is 4.79 Å². The summed E-state index contributed by atoms with van der Waals surface area (Å²) < 4.78 is 1.95. The zero-order valence-corrected chi connectivity index (χ0v) is 13.3. The van der Waals surface area contributed by atoms with Gasteiger partial charge in [0.15, 0.2) is 0 Å². The van der Waals surface area contributed by atoms with E-state index in [-0.39, 0.29) is 17.6 Å². The molecule has 3 aromatic rings. The van der Waals surface area contributed by atoms with Crippen molar-refractivity contribution in [2.45, 2.75) is 13.5 Å². The first-order valence-electron chi connectivity index (χ1n) is 7.66. The molecule has 0 saturated carbocycles. The van der Waals surface area contributed by atoms with Crippen molar-refractivity contribution in [3.05, 3.63) is 60.4 Å². The van der Waals surface area contributed by atoms with Crippen LogP contribution in [0.3, 0.4) is 0 Å². The number of imidazole rings is 1. The number of nitrogens with zero attached hydrogens (tertiary/aromatic N) is 3. The van der Waals surface area contributed by atoms with Crippen LogP contribution >= 0.6 is 0 Å². The molecule has 6 heteroatoms. The van der Waals surface area contributed by atoms with E-state index in [1.54, 1.807) is 30.6 Å². The van der Waals surface area contributed by atoms with Gasteiger partial charge >= 0.3 is 0 Å². The highest BCUT2D eigenvalue weighted by atomic mass is 16.3. The van der Waals surface area contributed by atoms with Crippen molar-refractivity contribution >= 4 is 23.2 Å². The number of phenolic OH excluding ortho intramolecular Hbond substituents is 1. The fraction of sp³-hybridized carbons (Fsp3) is 0.167. The van der Waals surface area contributed by atoms with Gasteiger partial charge in [-0.1, -0.05) is 31.2 Å². The summed E-state index contributed by atoms with van der Waals surface area (Å²) in [5, 5.41) is 13.5. The predicted molar refractivity (Wildman–Crippen MR) is 92.7 cm³/mol. The molecule has 0 saturated heterocycles. The largest absolute Gasteiger partial charge is 0.507 e. The van der Waals surface area contributed by atoms with Crippen molar-refractivity contribution in [1.82, 2.24) is 15.0 Å². The molecule has 1 heterocycles. The number of amides is 1. The molecule has 3 rings (SSSR count). The number of rotatable bonds is 5. The van der Waals surface area contributed by atoms with Gasteiger partial charge in [0.1, 0.15) is 5.75 Å². The van der Waals surface area contributed by atoms with Crippen LogP contribution in [0.2, 0.25) is 0 Å². The van der Waals surface area contributed by atoms with Crippen LogP contribution in [0.15, 0.2) is 60.0 Å². The third-order valence-corrected chi connectivity index (χ3v) is 3.76. The van der Waals surface area contributed by atoms with Crippen molar-refractivity contribution in [3.63, 3.8) is 0 Å². The molecule has 0 bridgehead atoms. The lowest BCUT2D eigenvalue weighted by molar-refractivity contribution is -0.124. The first-order chi connectivity index (χ1) is 11.6. The molecule has 0 radical (unpaired) electrons. The maximum absolute atomic E-state index is 12.2. The smallest absolute Gasteiger partial charge is 0.244 e. The Morgan fingerprint density at radius 2 is 2.04 bits per heavy atom. The molecule has 0 aliphatic heterocycles. The SMILES string of the molecule is C[C@H](Cn1cnc2ccccc21)C(=O)N/N=C\c1ccccc1O. The predicted octanol–water partition coefficient (Wildman–Crippen LogP) is 2.53. The fourth-order valence-corrected chi connectivity index (χ4v) is 2.41. The third kappa shape index (κ3) is 3.43. The Hall–Kier alpha value is -3.15. The van der Waals surface area contributed by atoms with E-state index in [9.17, 15) is 9.90 Å². The van der Waals surface area contributed by atoms with Crippen LogP contribution in [-0.4, -0.2) is 26.8 Å². The number of aromatic hydroxyl groups is 1. The molecule has 1 amide bonds. The van der Waals surface area contributed by atoms with Crippen LogP contribution < -0.4 is 5.43 Å². The summed E-state index contributed by atoms with van der Waals surface area (Å²) in [4.78, 5) is 16.5. The normalized spacial score (nSPS) is 12.5. The molecule has 24 heavy (non-hydrogen) atoms. The van der Waals surface area contributed by atoms with Gasteiger partial charge in [-0.15, -0.1) is 0 Å². The fourth-order valence-electron chi connectivity index (χ4n) is 2.41. The van der Waals surface area contributed by atoms with Crippen molar-refractivity contribution < 1.29 is 9.90 Å². The monoisotopic (exact) mass is 322 g/mol. The Morgan fingerprint density at radius 1 is 1.29 bits per heavy atom. The number of hydrogen-bond acceptors (Lipinski definition) is 4. The van der Waals surface area contributed by atoms with Gasteiger partial charge in [0.05, 0.1) is 29.5 Å². The molecule has 1 aromatic heterocycles. The summed E-state index contributed by atoms with van der Waals surface area (Å²) in [5.74, 6) is -0.350. The van der Waals surface area contributed by atoms with Crippen molar-refractivity contribution in [2.24, 2.45) is 11.0 Å². The summed E-state index contributed by atoms with van der Waals surface area (Å²) in [6.07, 6.45) is 3.16. The van der Waals surface area contributed by atoms with E-state index in [4.69, 9.17) is 0 Å². The van der Waals surface area contributed by atoms with Crippen molar-refractivity contribution in [3.8, 4) is 5.75 Å². The van der Waals surface area contributed by atoms with E-state index in [0.717, 1.165) is 11.0 Å². The first-order valence-corrected chi connectivity index (χ1v) is 7.66. The minimum absolute atomic E-state index is 0.119. The maximum Gasteiger partial charge on any atom is 0.244 e. The van der Waals surface area contributed by atoms with Crippen molar-refractivity contribution in [1.29, 1.82) is 0 Å². The van der Waals surface area contributed by atoms with Crippen molar-refractivity contribution in [2.75, 3.05) is 0 Å². The molecule has 122 valence electrons. The average molecular weight is 322 g/mol. The molecule has 1 atom stereocenters. The number of fused-ring (bicyclic) bond motifs is 1. The number of benzene rings is 2. The molecule has 6 nitrogen and oxygen atoms in total. The van der Waals surface area contributed by atoms with Crippen LogP contribution in [0, 0.1) is 5.92 Å². The maximum atomic E-state index is 12.2. The van der Waals surface area contributed by atoms with Gasteiger partial charge in [0, 0.05) is 12.1 Å². The molecule has 0 fully saturated rings. The highest BCUT2D eigenvalue weighted by Crippen LogP contribution is 2.14. The summed E-state index contributed by atoms with van der Waals surface area (Å²) in [7, 11) is 0. The van der Waals surface area contributed by atoms with Crippen LogP contribution in [0.5, 0.6) is 5.75 Å². The molecule has 0 aliphatic rings. The highest BCUT2D eigenvalue weighted by molar-refractivity contribution is 5.85. The van der Waals surface area contributed by atoms with Gasteiger partial charge in [0.2, 0.25) is 5.91 Å². The Labute approximate surface area is 139 Å². The van der Waals surface area contributed by atoms with Gasteiger partial charge in [-0.25, -0.2) is 10.4 Å². The molecule has 0 aliphatic carbocycles. The molecule has 2 N–H and O–H groups in total. The number of hydrazone groups is 1. The zero-order valence-electron chi connectivity index (χ0n) is 13.3. The average Bonchev–Trinajstić information content (AvgIpc) is 2.99. The number of aromatic nitrogens is 2. The van der Waals surface area contributed by atoms with Crippen LogP contribution in [0.25, 0.3) is 11.0 Å². The van der Waals surface area contributed by atoms with Crippen LogP contribution in [0.4, 0.5) is 0 Å². The molecular weight excluding hydrogens is 304 g/mol. The molecular formula is C18H18N4O2. The number of phenols is 1. The Morgan fingerprint density at radius 3 is 2.88 bits per heavy atom. The van der Waals surface area contributed by atoms with Crippen LogP contribution in [-0.2, 0) is 11.3 Å². The first kappa shape index (κ1) is 15.7. The standard InChI is InChI=1S/C18H18N4O2/c1-13(11-22-12-19-15-7-3-4-8-16(15)22)18(24)21-20-10-14-6-2-5-9-17(14)23/h2-10,12-13,23H,11H2,1H3,(H,21,24)/b20-10-/t13-/m1/s1. The number of para-hydroxylation sites is 3. The quantitative estimate of drug-likeness (QED) is 0.559. The second kappa shape index (κ2) is 6.95. The number of carbonyl (C=O) groups is 1. The summed E-state index contributed by atoms with van der Waals surface area (Å²) in [6.45, 7) is 2.35. The van der Waals surface area contributed by atoms with Gasteiger partial charge in [-0.05, 0) is 24.3 Å². The lowest BCUT2D eigenvalue weighted by Gasteiger charge is -2.11. The number of hydrogen-bond donors (Lipinski definition) is 2. The minimum Gasteiger partial charge on any atom is -0.507 e. The lowest BCUT2D eigenvalue weighted by Crippen LogP contribution is -2.27. The Kier molecular flexibility index (Phi) is 4.56. The molecule has 2 aromatic carbocycles. The van der Waals surface area contributed by atoms with E-state index >= 15 is 0 Å². The number of carbonyl (C=O) groups excluding carboxylic acids is 1. The Balaban J connectivity index is 1.62. The summed E-state index contributed by atoms with van der Waals surface area (Å²) >= 11 is 0. The molecule has 0 unspecified atom stereocenters. The van der Waals surface area contributed by atoms with Gasteiger partial charge in [-0.2, -0.15) is 5.10 Å².